The molecule has 2 aromatic rings. The molecule has 4 N–H and O–H groups in total. The second-order valence-corrected chi connectivity index (χ2v) is 8.18. The molecule has 1 unspecified atom stereocenters. The van der Waals surface area contributed by atoms with Gasteiger partial charge in [-0.1, -0.05) is 0 Å². The summed E-state index contributed by atoms with van der Waals surface area (Å²) in [5.74, 6) is -1.44. The van der Waals surface area contributed by atoms with E-state index in [2.05, 4.69) is 15.0 Å². The van der Waals surface area contributed by atoms with Crippen molar-refractivity contribution in [2.75, 3.05) is 5.75 Å². The van der Waals surface area contributed by atoms with Crippen LogP contribution in [-0.2, 0) is 0 Å². The van der Waals surface area contributed by atoms with Gasteiger partial charge in [0.15, 0.2) is 11.7 Å². The second kappa shape index (κ2) is 7.22. The number of aromatic nitrogens is 1. The van der Waals surface area contributed by atoms with E-state index in [0.717, 1.165) is 6.20 Å². The van der Waals surface area contributed by atoms with Gasteiger partial charge in [-0.3, -0.25) is 4.99 Å². The maximum absolute atomic E-state index is 14.3. The highest BCUT2D eigenvalue weighted by molar-refractivity contribution is 8.01. The van der Waals surface area contributed by atoms with Crippen LogP contribution in [0.1, 0.15) is 31.1 Å². The Labute approximate surface area is 158 Å². The first-order chi connectivity index (χ1) is 12.7. The fourth-order valence-electron chi connectivity index (χ4n) is 2.53. The van der Waals surface area contributed by atoms with Gasteiger partial charge in [0.05, 0.1) is 22.7 Å². The molecular weight excluding hydrogens is 375 g/mol. The molecule has 1 aromatic heterocycles. The van der Waals surface area contributed by atoms with Gasteiger partial charge in [0, 0.05) is 17.4 Å². The molecule has 0 fully saturated rings. The summed E-state index contributed by atoms with van der Waals surface area (Å²) in [6, 6.07) is 4.34. The number of amidine groups is 2. The van der Waals surface area contributed by atoms with E-state index in [1.807, 2.05) is 13.8 Å². The van der Waals surface area contributed by atoms with Crippen LogP contribution in [0.15, 0.2) is 40.4 Å². The number of halogens is 3. The molecule has 1 aliphatic heterocycles. The van der Waals surface area contributed by atoms with Crippen LogP contribution in [-0.4, -0.2) is 27.2 Å². The third-order valence-electron chi connectivity index (χ3n) is 4.15. The summed E-state index contributed by atoms with van der Waals surface area (Å²) in [7, 11) is 0. The topological polar surface area (TPSA) is 89.6 Å². The van der Waals surface area contributed by atoms with E-state index < -0.39 is 23.5 Å². The highest BCUT2D eigenvalue weighted by Crippen LogP contribution is 2.38. The maximum atomic E-state index is 14.3. The van der Waals surface area contributed by atoms with E-state index in [0.29, 0.717) is 28.9 Å². The fraction of sp³-hybridized carbons (Fsp3) is 0.278. The van der Waals surface area contributed by atoms with Crippen LogP contribution in [0.3, 0.4) is 0 Å². The van der Waals surface area contributed by atoms with Crippen LogP contribution in [0.4, 0.5) is 18.9 Å². The van der Waals surface area contributed by atoms with Gasteiger partial charge in [-0.15, -0.1) is 11.8 Å². The molecule has 9 heteroatoms. The molecule has 1 atom stereocenters. The number of thioether (sulfide) groups is 1. The van der Waals surface area contributed by atoms with E-state index in [1.54, 1.807) is 11.8 Å². The van der Waals surface area contributed by atoms with Crippen LogP contribution < -0.4 is 11.5 Å². The van der Waals surface area contributed by atoms with Gasteiger partial charge >= 0.3 is 0 Å². The van der Waals surface area contributed by atoms with Crippen LogP contribution >= 0.6 is 11.8 Å². The fourth-order valence-corrected chi connectivity index (χ4v) is 3.56. The molecule has 142 valence electrons. The summed E-state index contributed by atoms with van der Waals surface area (Å²) >= 11 is 1.58. The Morgan fingerprint density at radius 2 is 1.96 bits per heavy atom. The predicted octanol–water partition coefficient (Wildman–Crippen LogP) is 3.46. The molecule has 0 aliphatic carbocycles. The highest BCUT2D eigenvalue weighted by atomic mass is 32.2. The first-order valence-corrected chi connectivity index (χ1v) is 9.08. The van der Waals surface area contributed by atoms with Gasteiger partial charge in [0.1, 0.15) is 23.2 Å². The van der Waals surface area contributed by atoms with Crippen molar-refractivity contribution < 1.29 is 13.2 Å². The van der Waals surface area contributed by atoms with Crippen molar-refractivity contribution in [1.29, 1.82) is 0 Å². The maximum Gasteiger partial charge on any atom is 0.155 e. The Morgan fingerprint density at radius 1 is 1.22 bits per heavy atom. The second-order valence-electron chi connectivity index (χ2n) is 6.54. The number of aliphatic imine (C=N–C) groups is 2. The van der Waals surface area contributed by atoms with Crippen molar-refractivity contribution in [2.45, 2.75) is 24.6 Å². The van der Waals surface area contributed by atoms with E-state index in [1.165, 1.54) is 18.2 Å². The molecule has 2 heterocycles. The van der Waals surface area contributed by atoms with Gasteiger partial charge in [0.2, 0.25) is 0 Å². The molecule has 0 bridgehead atoms. The predicted molar refractivity (Wildman–Crippen MR) is 102 cm³/mol. The minimum Gasteiger partial charge on any atom is -0.386 e. The lowest BCUT2D eigenvalue weighted by atomic mass is 10.1. The minimum atomic E-state index is -0.929. The van der Waals surface area contributed by atoms with Crippen molar-refractivity contribution in [3.8, 4) is 0 Å². The summed E-state index contributed by atoms with van der Waals surface area (Å²) in [6.07, 6.45) is 0.843. The Kier molecular flexibility index (Phi) is 5.14. The molecule has 27 heavy (non-hydrogen) atoms. The molecule has 3 rings (SSSR count). The van der Waals surface area contributed by atoms with Crippen molar-refractivity contribution in [3.63, 3.8) is 0 Å². The SMILES string of the molecule is CC1(C)SCC(c2cc(N=C(N)c3ncc(F)cc3F)ccc2F)N=C1N. The van der Waals surface area contributed by atoms with Gasteiger partial charge in [-0.2, -0.15) is 0 Å². The molecule has 1 aromatic carbocycles. The van der Waals surface area contributed by atoms with Crippen LogP contribution in [0, 0.1) is 17.5 Å². The normalized spacial score (nSPS) is 19.7. The average molecular weight is 393 g/mol. The van der Waals surface area contributed by atoms with Gasteiger partial charge < -0.3 is 11.5 Å². The molecule has 0 saturated heterocycles. The number of benzene rings is 1. The minimum absolute atomic E-state index is 0.243. The quantitative estimate of drug-likeness (QED) is 0.617. The van der Waals surface area contributed by atoms with Gasteiger partial charge in [0.25, 0.3) is 0 Å². The molecule has 0 radical (unpaired) electrons. The monoisotopic (exact) mass is 393 g/mol. The van der Waals surface area contributed by atoms with E-state index in [9.17, 15) is 13.2 Å². The number of hydrogen-bond acceptors (Lipinski definition) is 5. The summed E-state index contributed by atoms with van der Waals surface area (Å²) in [5, 5.41) is 0. The van der Waals surface area contributed by atoms with Gasteiger partial charge in [-0.05, 0) is 32.0 Å². The smallest absolute Gasteiger partial charge is 0.155 e. The van der Waals surface area contributed by atoms with Crippen LogP contribution in [0.2, 0.25) is 0 Å². The van der Waals surface area contributed by atoms with Crippen molar-refractivity contribution in [3.05, 3.63) is 59.2 Å². The first kappa shape index (κ1) is 19.2. The average Bonchev–Trinajstić information content (AvgIpc) is 2.59. The summed E-state index contributed by atoms with van der Waals surface area (Å²) < 4.78 is 40.8. The highest BCUT2D eigenvalue weighted by Gasteiger charge is 2.31. The van der Waals surface area contributed by atoms with Gasteiger partial charge in [-0.25, -0.2) is 23.1 Å². The summed E-state index contributed by atoms with van der Waals surface area (Å²) in [6.45, 7) is 3.91. The number of nitrogens with zero attached hydrogens (tertiary/aromatic N) is 3. The third-order valence-corrected chi connectivity index (χ3v) is 5.57. The summed E-state index contributed by atoms with van der Waals surface area (Å²) in [4.78, 5) is 12.1. The standard InChI is InChI=1S/C18H18F3N5S/c1-18(2)17(23)26-14(8-27-18)11-6-10(3-4-12(11)20)25-16(22)15-13(21)5-9(19)7-24-15/h3-7,14H,8H2,1-2H3,(H2,22,25)(H2,23,26). The zero-order chi connectivity index (χ0) is 19.8. The van der Waals surface area contributed by atoms with Crippen molar-refractivity contribution in [1.82, 2.24) is 4.98 Å². The van der Waals surface area contributed by atoms with E-state index >= 15 is 0 Å². The molecule has 0 saturated carbocycles. The zero-order valence-electron chi connectivity index (χ0n) is 14.7. The molecule has 0 amide bonds. The largest absolute Gasteiger partial charge is 0.386 e. The van der Waals surface area contributed by atoms with Crippen molar-refractivity contribution in [2.24, 2.45) is 21.5 Å². The summed E-state index contributed by atoms with van der Waals surface area (Å²) in [5.41, 5.74) is 12.1. The number of hydrogen-bond donors (Lipinski definition) is 2. The first-order valence-electron chi connectivity index (χ1n) is 8.10. The Morgan fingerprint density at radius 3 is 2.63 bits per heavy atom. The van der Waals surface area contributed by atoms with Crippen molar-refractivity contribution >= 4 is 29.1 Å². The lowest BCUT2D eigenvalue weighted by molar-refractivity contribution is 0.570. The molecule has 0 spiro atoms. The number of nitrogens with two attached hydrogens (primary N) is 2. The number of pyridine rings is 1. The number of rotatable bonds is 3. The lowest BCUT2D eigenvalue weighted by Crippen LogP contribution is -2.39. The van der Waals surface area contributed by atoms with E-state index in [4.69, 9.17) is 11.5 Å². The zero-order valence-corrected chi connectivity index (χ0v) is 15.5. The Balaban J connectivity index is 1.95. The lowest BCUT2D eigenvalue weighted by Gasteiger charge is -2.31. The third kappa shape index (κ3) is 4.08. The molecular formula is C18H18F3N5S. The Bertz CT molecular complexity index is 943. The van der Waals surface area contributed by atoms with E-state index in [-0.39, 0.29) is 16.3 Å². The van der Waals surface area contributed by atoms with Crippen LogP contribution in [0.5, 0.6) is 0 Å². The Hall–Kier alpha value is -2.55. The molecule has 1 aliphatic rings. The molecule has 5 nitrogen and oxygen atoms in total. The van der Waals surface area contributed by atoms with Crippen LogP contribution in [0.25, 0.3) is 0 Å².